The minimum atomic E-state index is -3.83. The van der Waals surface area contributed by atoms with E-state index in [1.165, 1.54) is 28.8 Å². The van der Waals surface area contributed by atoms with Gasteiger partial charge in [-0.3, -0.25) is 4.79 Å². The largest absolute Gasteiger partial charge is 0.586 e. The summed E-state index contributed by atoms with van der Waals surface area (Å²) in [6, 6.07) is 25.8. The molecule has 1 unspecified atom stereocenters. The molecule has 7 nitrogen and oxygen atoms in total. The molecular weight excluding hydrogens is 659 g/mol. The molecule has 0 bridgehead atoms. The summed E-state index contributed by atoms with van der Waals surface area (Å²) in [4.78, 5) is 13.9. The Labute approximate surface area is 301 Å². The van der Waals surface area contributed by atoms with Crippen molar-refractivity contribution < 1.29 is 48.9 Å². The molecule has 4 aromatic carbocycles. The molecule has 0 saturated heterocycles. The Balaban J connectivity index is 1.23. The van der Waals surface area contributed by atoms with Gasteiger partial charge < -0.3 is 28.6 Å². The van der Waals surface area contributed by atoms with Crippen molar-refractivity contribution in [1.82, 2.24) is 4.57 Å². The molecule has 2 heterocycles. The lowest BCUT2D eigenvalue weighted by Crippen LogP contribution is -2.30. The summed E-state index contributed by atoms with van der Waals surface area (Å²) in [5.74, 6) is -1.52. The van der Waals surface area contributed by atoms with Crippen molar-refractivity contribution in [2.75, 3.05) is 13.1 Å². The van der Waals surface area contributed by atoms with E-state index in [-0.39, 0.29) is 53.7 Å². The minimum Gasteiger partial charge on any atom is -0.395 e. The summed E-state index contributed by atoms with van der Waals surface area (Å²) in [6.45, 7) is -3.43. The highest BCUT2D eigenvalue weighted by Gasteiger charge is 2.52. The molecule has 0 spiro atoms. The van der Waals surface area contributed by atoms with Gasteiger partial charge in [-0.25, -0.2) is 4.39 Å². The van der Waals surface area contributed by atoms with E-state index in [9.17, 15) is 18.7 Å². The number of ketones is 1. The normalized spacial score (nSPS) is 19.0. The average molecular weight is 705 g/mol. The number of rotatable bonds is 15. The van der Waals surface area contributed by atoms with E-state index >= 15 is 4.39 Å². The Hall–Kier alpha value is -4.64. The lowest BCUT2D eigenvalue weighted by atomic mass is 9.87. The molecule has 51 heavy (non-hydrogen) atoms. The van der Waals surface area contributed by atoms with Gasteiger partial charge in [-0.2, -0.15) is 0 Å². The number of halogens is 3. The van der Waals surface area contributed by atoms with Crippen molar-refractivity contribution >= 4 is 16.7 Å². The molecule has 1 aromatic heterocycles. The summed E-state index contributed by atoms with van der Waals surface area (Å²) in [5, 5.41) is 11.8. The van der Waals surface area contributed by atoms with Crippen LogP contribution in [0.4, 0.5) is 13.2 Å². The molecule has 2 aliphatic rings. The maximum Gasteiger partial charge on any atom is 0.586 e. The van der Waals surface area contributed by atoms with E-state index in [4.69, 9.17) is 16.3 Å². The third kappa shape index (κ3) is 7.54. The number of nitrogens with zero attached hydrogens (tertiary/aromatic N) is 1. The van der Waals surface area contributed by atoms with Crippen LogP contribution in [0.5, 0.6) is 11.5 Å². The van der Waals surface area contributed by atoms with Crippen molar-refractivity contribution in [2.24, 2.45) is 0 Å². The molecular formula is C41H40F3NO6. The maximum atomic E-state index is 16.2. The van der Waals surface area contributed by atoms with Gasteiger partial charge in [0.05, 0.1) is 56.7 Å². The molecule has 1 atom stereocenters. The standard InChI is InChI=1S/C41H40F3NO6/c1-39(2,26-49-24-28-11-7-4-8-12-28)37-18-30-17-29(19-38(47)40(15-16-40)31-13-14-35-36(20-31)51-41(43,44)50-35)33(42)21-34(30)45(37)22-32(46)25-48-23-27-9-5-3-6-10-27/h3-14,17-18,20-21,32,46H,15-16,19,22-26H2,1-2H3/i25D2,26D2,32D. The number of carbonyl (C=O) groups is 1. The van der Waals surface area contributed by atoms with Gasteiger partial charge in [0.1, 0.15) is 11.6 Å². The average Bonchev–Trinajstić information content (AvgIpc) is 3.80. The monoisotopic (exact) mass is 704 g/mol. The number of carbonyl (C=O) groups excluding carboxylic acids is 1. The van der Waals surface area contributed by atoms with Gasteiger partial charge in [0, 0.05) is 22.9 Å². The Bertz CT molecular complexity index is 2260. The number of aliphatic hydroxyl groups is 1. The summed E-state index contributed by atoms with van der Waals surface area (Å²) >= 11 is 0. The molecule has 266 valence electrons. The fraction of sp³-hybridized carbons (Fsp3) is 0.341. The van der Waals surface area contributed by atoms with E-state index in [1.54, 1.807) is 74.5 Å². The highest BCUT2D eigenvalue weighted by atomic mass is 19.3. The lowest BCUT2D eigenvalue weighted by molar-refractivity contribution is -0.286. The number of benzene rings is 4. The van der Waals surface area contributed by atoms with Crippen LogP contribution in [0.25, 0.3) is 10.9 Å². The molecule has 7 rings (SSSR count). The van der Waals surface area contributed by atoms with Crippen LogP contribution in [0.1, 0.15) is 61.5 Å². The second-order valence-electron chi connectivity index (χ2n) is 13.5. The predicted molar refractivity (Wildman–Crippen MR) is 185 cm³/mol. The molecule has 0 radical (unpaired) electrons. The molecule has 1 N–H and O–H groups in total. The number of alkyl halides is 2. The van der Waals surface area contributed by atoms with Crippen LogP contribution < -0.4 is 9.47 Å². The van der Waals surface area contributed by atoms with E-state index in [0.717, 1.165) is 6.07 Å². The van der Waals surface area contributed by atoms with Gasteiger partial charge in [-0.15, -0.1) is 8.78 Å². The smallest absolute Gasteiger partial charge is 0.395 e. The minimum absolute atomic E-state index is 0.00792. The summed E-state index contributed by atoms with van der Waals surface area (Å²) in [7, 11) is 0. The second kappa shape index (κ2) is 13.8. The zero-order chi connectivity index (χ0) is 40.3. The Morgan fingerprint density at radius 3 is 2.25 bits per heavy atom. The highest BCUT2D eigenvalue weighted by molar-refractivity contribution is 5.95. The fourth-order valence-electron chi connectivity index (χ4n) is 6.48. The Morgan fingerprint density at radius 1 is 0.941 bits per heavy atom. The Morgan fingerprint density at radius 2 is 1.59 bits per heavy atom. The topological polar surface area (TPSA) is 79.2 Å². The van der Waals surface area contributed by atoms with Crippen LogP contribution in [-0.2, 0) is 51.3 Å². The van der Waals surface area contributed by atoms with Gasteiger partial charge in [0.15, 0.2) is 11.5 Å². The van der Waals surface area contributed by atoms with Crippen LogP contribution in [-0.4, -0.2) is 40.9 Å². The Kier molecular flexibility index (Phi) is 7.86. The summed E-state index contributed by atoms with van der Waals surface area (Å²) < 4.78 is 109. The summed E-state index contributed by atoms with van der Waals surface area (Å²) in [6.07, 6.45) is -6.35. The van der Waals surface area contributed by atoms with Gasteiger partial charge in [0.2, 0.25) is 0 Å². The van der Waals surface area contributed by atoms with Gasteiger partial charge in [-0.05, 0) is 65.4 Å². The molecule has 1 saturated carbocycles. The van der Waals surface area contributed by atoms with E-state index in [1.807, 2.05) is 6.07 Å². The van der Waals surface area contributed by atoms with E-state index < -0.39 is 48.7 Å². The van der Waals surface area contributed by atoms with Crippen LogP contribution in [0, 0.1) is 5.82 Å². The van der Waals surface area contributed by atoms with Crippen LogP contribution in [0.3, 0.4) is 0 Å². The first-order valence-electron chi connectivity index (χ1n) is 19.1. The highest BCUT2D eigenvalue weighted by Crippen LogP contribution is 2.53. The summed E-state index contributed by atoms with van der Waals surface area (Å²) in [5.41, 5.74) is -0.604. The molecule has 5 aromatic rings. The predicted octanol–water partition coefficient (Wildman–Crippen LogP) is 8.02. The number of ether oxygens (including phenoxy) is 4. The molecule has 0 amide bonds. The van der Waals surface area contributed by atoms with Crippen molar-refractivity contribution in [3.05, 3.63) is 131 Å². The number of hydrogen-bond acceptors (Lipinski definition) is 6. The number of Topliss-reactive ketones (excluding diaryl/α,β-unsaturated/α-hetero) is 1. The van der Waals surface area contributed by atoms with Gasteiger partial charge >= 0.3 is 6.29 Å². The fourth-order valence-corrected chi connectivity index (χ4v) is 6.48. The van der Waals surface area contributed by atoms with E-state index in [0.29, 0.717) is 34.9 Å². The third-order valence-corrected chi connectivity index (χ3v) is 9.29. The molecule has 10 heteroatoms. The molecule has 1 aliphatic carbocycles. The van der Waals surface area contributed by atoms with Crippen molar-refractivity contribution in [3.63, 3.8) is 0 Å². The van der Waals surface area contributed by atoms with Gasteiger partial charge in [-0.1, -0.05) is 80.6 Å². The first-order valence-corrected chi connectivity index (χ1v) is 16.6. The second-order valence-corrected chi connectivity index (χ2v) is 13.5. The zero-order valence-corrected chi connectivity index (χ0v) is 28.0. The first kappa shape index (κ1) is 29.0. The van der Waals surface area contributed by atoms with Crippen molar-refractivity contribution in [2.45, 2.75) is 76.1 Å². The van der Waals surface area contributed by atoms with Crippen LogP contribution in [0.2, 0.25) is 0 Å². The maximum absolute atomic E-state index is 16.2. The quantitative estimate of drug-likeness (QED) is 0.119. The van der Waals surface area contributed by atoms with Crippen LogP contribution >= 0.6 is 0 Å². The molecule has 1 aliphatic heterocycles. The SMILES string of the molecule is [2H]C(O)(Cn1c(C(C)(C)C([2H])([2H])OCc2ccccc2)cc2cc(CC(=O)C3(c4ccc5c(c4)OC(F)(F)O5)CC3)c(F)cc21)C([2H])([2H])OCc1ccccc1. The van der Waals surface area contributed by atoms with Crippen molar-refractivity contribution in [1.29, 1.82) is 0 Å². The number of hydrogen-bond donors (Lipinski definition) is 1. The third-order valence-electron chi connectivity index (χ3n) is 9.29. The van der Waals surface area contributed by atoms with Gasteiger partial charge in [0.25, 0.3) is 0 Å². The van der Waals surface area contributed by atoms with Crippen LogP contribution in [0.15, 0.2) is 97.1 Å². The first-order chi connectivity index (χ1) is 26.2. The zero-order valence-electron chi connectivity index (χ0n) is 33.0. The lowest BCUT2D eigenvalue weighted by Gasteiger charge is -2.28. The molecule has 1 fully saturated rings. The number of aromatic nitrogens is 1. The van der Waals surface area contributed by atoms with E-state index in [2.05, 4.69) is 9.47 Å². The van der Waals surface area contributed by atoms with Crippen molar-refractivity contribution in [3.8, 4) is 11.5 Å². The number of fused-ring (bicyclic) bond motifs is 2.